The minimum Gasteiger partial charge on any atom is -0.452 e. The SMILES string of the molecule is [CH2]C(C)(C)[C@@H](OC(=O)CCc1c[nH]c2ccccc12)C(=O)NCCC(N)=O. The summed E-state index contributed by atoms with van der Waals surface area (Å²) in [6, 6.07) is 7.83. The summed E-state index contributed by atoms with van der Waals surface area (Å²) in [6.45, 7) is 7.41. The predicted octanol–water partition coefficient (Wildman–Crippen LogP) is 1.86. The van der Waals surface area contributed by atoms with E-state index in [0.29, 0.717) is 6.42 Å². The largest absolute Gasteiger partial charge is 0.452 e. The maximum absolute atomic E-state index is 12.3. The molecule has 2 aromatic rings. The van der Waals surface area contributed by atoms with Crippen molar-refractivity contribution in [2.24, 2.45) is 11.1 Å². The second-order valence-corrected chi connectivity index (χ2v) is 7.23. The summed E-state index contributed by atoms with van der Waals surface area (Å²) in [5, 5.41) is 3.62. The summed E-state index contributed by atoms with van der Waals surface area (Å²) in [5.41, 5.74) is 6.25. The van der Waals surface area contributed by atoms with Crippen LogP contribution < -0.4 is 11.1 Å². The highest BCUT2D eigenvalue weighted by Crippen LogP contribution is 2.24. The number of aromatic nitrogens is 1. The Kier molecular flexibility index (Phi) is 6.60. The Bertz CT molecular complexity index is 820. The van der Waals surface area contributed by atoms with Crippen LogP contribution in [0, 0.1) is 12.3 Å². The van der Waals surface area contributed by atoms with Crippen LogP contribution in [-0.2, 0) is 25.5 Å². The molecule has 0 bridgehead atoms. The van der Waals surface area contributed by atoms with Gasteiger partial charge in [-0.15, -0.1) is 0 Å². The molecule has 1 radical (unpaired) electrons. The molecule has 1 aromatic carbocycles. The first-order valence-electron chi connectivity index (χ1n) is 8.84. The van der Waals surface area contributed by atoms with E-state index in [1.54, 1.807) is 13.8 Å². The van der Waals surface area contributed by atoms with Gasteiger partial charge >= 0.3 is 5.97 Å². The standard InChI is InChI=1S/C20H26N3O4/c1-20(2,3)18(19(26)22-11-10-16(21)24)27-17(25)9-8-13-12-23-15-7-5-4-6-14(13)15/h4-7,12,18,23H,1,8-11H2,2-3H3,(H2,21,24)(H,22,26)/t18-/m0/s1. The van der Waals surface area contributed by atoms with Crippen LogP contribution in [0.2, 0.25) is 0 Å². The molecule has 0 aliphatic heterocycles. The molecule has 7 nitrogen and oxygen atoms in total. The van der Waals surface area contributed by atoms with Crippen LogP contribution in [0.25, 0.3) is 10.9 Å². The molecule has 0 saturated carbocycles. The number of primary amides is 1. The van der Waals surface area contributed by atoms with Crippen LogP contribution in [0.3, 0.4) is 0 Å². The summed E-state index contributed by atoms with van der Waals surface area (Å²) < 4.78 is 5.40. The molecule has 1 heterocycles. The average molecular weight is 372 g/mol. The van der Waals surface area contributed by atoms with Gasteiger partial charge < -0.3 is 20.8 Å². The number of carbonyl (C=O) groups is 3. The molecule has 0 fully saturated rings. The lowest BCUT2D eigenvalue weighted by Crippen LogP contribution is -2.46. The molecule has 145 valence electrons. The number of hydrogen-bond donors (Lipinski definition) is 3. The summed E-state index contributed by atoms with van der Waals surface area (Å²) >= 11 is 0. The molecule has 4 N–H and O–H groups in total. The zero-order chi connectivity index (χ0) is 20.0. The lowest BCUT2D eigenvalue weighted by molar-refractivity contribution is -0.161. The van der Waals surface area contributed by atoms with E-state index in [9.17, 15) is 14.4 Å². The van der Waals surface area contributed by atoms with Gasteiger partial charge in [0.1, 0.15) is 0 Å². The van der Waals surface area contributed by atoms with Gasteiger partial charge in [0.2, 0.25) is 5.91 Å². The molecule has 7 heteroatoms. The molecule has 0 unspecified atom stereocenters. The smallest absolute Gasteiger partial charge is 0.306 e. The molecular weight excluding hydrogens is 346 g/mol. The maximum Gasteiger partial charge on any atom is 0.306 e. The number of fused-ring (bicyclic) bond motifs is 1. The van der Waals surface area contributed by atoms with Crippen LogP contribution in [0.1, 0.15) is 32.3 Å². The fourth-order valence-corrected chi connectivity index (χ4v) is 2.74. The second kappa shape index (κ2) is 8.70. The van der Waals surface area contributed by atoms with Crippen molar-refractivity contribution in [1.82, 2.24) is 10.3 Å². The summed E-state index contributed by atoms with van der Waals surface area (Å²) in [4.78, 5) is 38.6. The summed E-state index contributed by atoms with van der Waals surface area (Å²) in [5.74, 6) is -1.49. The Morgan fingerprint density at radius 2 is 1.96 bits per heavy atom. The molecule has 0 aliphatic carbocycles. The van der Waals surface area contributed by atoms with Gasteiger partial charge in [0.15, 0.2) is 6.10 Å². The van der Waals surface area contributed by atoms with Gasteiger partial charge in [-0.05, 0) is 25.0 Å². The average Bonchev–Trinajstić information content (AvgIpc) is 2.99. The molecule has 1 aromatic heterocycles. The lowest BCUT2D eigenvalue weighted by Gasteiger charge is -2.29. The van der Waals surface area contributed by atoms with E-state index in [1.165, 1.54) is 0 Å². The molecule has 1 atom stereocenters. The van der Waals surface area contributed by atoms with Gasteiger partial charge in [-0.2, -0.15) is 0 Å². The van der Waals surface area contributed by atoms with E-state index in [2.05, 4.69) is 17.2 Å². The highest BCUT2D eigenvalue weighted by molar-refractivity contribution is 5.86. The van der Waals surface area contributed by atoms with Crippen molar-refractivity contribution in [1.29, 1.82) is 0 Å². The lowest BCUT2D eigenvalue weighted by atomic mass is 9.88. The number of rotatable bonds is 9. The van der Waals surface area contributed by atoms with Crippen molar-refractivity contribution in [3.63, 3.8) is 0 Å². The van der Waals surface area contributed by atoms with E-state index >= 15 is 0 Å². The third-order valence-corrected chi connectivity index (χ3v) is 4.14. The number of aryl methyl sites for hydroxylation is 1. The Morgan fingerprint density at radius 1 is 1.26 bits per heavy atom. The van der Waals surface area contributed by atoms with Crippen molar-refractivity contribution in [3.05, 3.63) is 42.9 Å². The molecule has 2 rings (SSSR count). The fraction of sp³-hybridized carbons (Fsp3) is 0.400. The van der Waals surface area contributed by atoms with Crippen LogP contribution in [-0.4, -0.2) is 35.4 Å². The van der Waals surface area contributed by atoms with Gasteiger partial charge in [-0.3, -0.25) is 14.4 Å². The first kappa shape index (κ1) is 20.5. The molecule has 2 amide bonds. The van der Waals surface area contributed by atoms with Crippen molar-refractivity contribution in [2.45, 2.75) is 39.2 Å². The number of ether oxygens (including phenoxy) is 1. The van der Waals surface area contributed by atoms with E-state index in [-0.39, 0.29) is 19.4 Å². The number of aromatic amines is 1. The number of esters is 1. The van der Waals surface area contributed by atoms with E-state index < -0.39 is 29.3 Å². The van der Waals surface area contributed by atoms with Crippen molar-refractivity contribution >= 4 is 28.7 Å². The maximum atomic E-state index is 12.3. The predicted molar refractivity (Wildman–Crippen MR) is 102 cm³/mol. The van der Waals surface area contributed by atoms with Crippen molar-refractivity contribution < 1.29 is 19.1 Å². The van der Waals surface area contributed by atoms with Gasteiger partial charge in [0.05, 0.1) is 0 Å². The third kappa shape index (κ3) is 5.84. The monoisotopic (exact) mass is 372 g/mol. The second-order valence-electron chi connectivity index (χ2n) is 7.23. The number of nitrogens with one attached hydrogen (secondary N) is 2. The Labute approximate surface area is 158 Å². The number of H-pyrrole nitrogens is 1. The minimum absolute atomic E-state index is 0.0184. The molecule has 0 aliphatic rings. The number of carbonyl (C=O) groups excluding carboxylic acids is 3. The highest BCUT2D eigenvalue weighted by Gasteiger charge is 2.34. The van der Waals surface area contributed by atoms with Crippen LogP contribution in [0.5, 0.6) is 0 Å². The Hall–Kier alpha value is -2.83. The molecule has 0 spiro atoms. The number of nitrogens with two attached hydrogens (primary N) is 1. The number of para-hydroxylation sites is 1. The van der Waals surface area contributed by atoms with Gasteiger partial charge in [0.25, 0.3) is 5.91 Å². The zero-order valence-corrected chi connectivity index (χ0v) is 15.7. The van der Waals surface area contributed by atoms with Crippen LogP contribution >= 0.6 is 0 Å². The Balaban J connectivity index is 1.95. The van der Waals surface area contributed by atoms with E-state index in [1.807, 2.05) is 30.5 Å². The normalized spacial score (nSPS) is 12.6. The number of hydrogen-bond acceptors (Lipinski definition) is 4. The summed E-state index contributed by atoms with van der Waals surface area (Å²) in [6.07, 6.45) is 1.47. The first-order valence-corrected chi connectivity index (χ1v) is 8.84. The van der Waals surface area contributed by atoms with Crippen molar-refractivity contribution in [2.75, 3.05) is 6.54 Å². The number of amides is 2. The first-order chi connectivity index (χ1) is 12.7. The quantitative estimate of drug-likeness (QED) is 0.583. The van der Waals surface area contributed by atoms with Gasteiger partial charge in [-0.25, -0.2) is 0 Å². The van der Waals surface area contributed by atoms with Gasteiger partial charge in [0, 0.05) is 41.9 Å². The van der Waals surface area contributed by atoms with Crippen LogP contribution in [0.15, 0.2) is 30.5 Å². The molecular formula is C20H26N3O4. The minimum atomic E-state index is -1.05. The van der Waals surface area contributed by atoms with Crippen molar-refractivity contribution in [3.8, 4) is 0 Å². The highest BCUT2D eigenvalue weighted by atomic mass is 16.5. The van der Waals surface area contributed by atoms with Gasteiger partial charge in [-0.1, -0.05) is 32.0 Å². The number of benzene rings is 1. The van der Waals surface area contributed by atoms with E-state index in [0.717, 1.165) is 16.5 Å². The third-order valence-electron chi connectivity index (χ3n) is 4.14. The van der Waals surface area contributed by atoms with Crippen LogP contribution in [0.4, 0.5) is 0 Å². The van der Waals surface area contributed by atoms with E-state index in [4.69, 9.17) is 10.5 Å². The summed E-state index contributed by atoms with van der Waals surface area (Å²) in [7, 11) is 0. The zero-order valence-electron chi connectivity index (χ0n) is 15.7. The fourth-order valence-electron chi connectivity index (χ4n) is 2.74. The molecule has 27 heavy (non-hydrogen) atoms. The Morgan fingerprint density at radius 3 is 2.63 bits per heavy atom. The molecule has 0 saturated heterocycles. The topological polar surface area (TPSA) is 114 Å².